The molecule has 0 aliphatic heterocycles. The number of allylic oxidation sites excluding steroid dienone is 2. The largest absolute Gasteiger partial charge is 0.0892 e. The monoisotopic (exact) mass is 226 g/mol. The zero-order valence-corrected chi connectivity index (χ0v) is 12.5. The van der Waals surface area contributed by atoms with Crippen LogP contribution in [0.4, 0.5) is 0 Å². The van der Waals surface area contributed by atoms with Crippen molar-refractivity contribution in [2.45, 2.75) is 78.4 Å². The van der Waals surface area contributed by atoms with Gasteiger partial charge in [-0.1, -0.05) is 76.9 Å². The molecule has 0 heterocycles. The van der Waals surface area contributed by atoms with Crippen LogP contribution in [0.3, 0.4) is 0 Å². The van der Waals surface area contributed by atoms with E-state index in [1.54, 1.807) is 0 Å². The molecule has 0 radical (unpaired) electrons. The van der Waals surface area contributed by atoms with Crippen LogP contribution in [-0.4, -0.2) is 8.07 Å². The van der Waals surface area contributed by atoms with Crippen LogP contribution in [0.1, 0.15) is 60.3 Å². The zero-order chi connectivity index (χ0) is 11.7. The van der Waals surface area contributed by atoms with Gasteiger partial charge >= 0.3 is 0 Å². The summed E-state index contributed by atoms with van der Waals surface area (Å²) >= 11 is 0. The summed E-state index contributed by atoms with van der Waals surface area (Å²) in [6.45, 7) is 11.8. The summed E-state index contributed by atoms with van der Waals surface area (Å²) in [5, 5.41) is 1.87. The highest BCUT2D eigenvalue weighted by molar-refractivity contribution is 6.86. The lowest BCUT2D eigenvalue weighted by Crippen LogP contribution is -2.34. The second kappa shape index (κ2) is 8.15. The fourth-order valence-corrected chi connectivity index (χ4v) is 6.82. The van der Waals surface area contributed by atoms with Gasteiger partial charge in [-0.05, 0) is 12.8 Å². The number of hydrogen-bond acceptors (Lipinski definition) is 0. The van der Waals surface area contributed by atoms with Crippen molar-refractivity contribution in [1.82, 2.24) is 0 Å². The highest BCUT2D eigenvalue weighted by Crippen LogP contribution is 2.31. The molecule has 0 amide bonds. The molecule has 0 N–H and O–H groups in total. The predicted molar refractivity (Wildman–Crippen MR) is 75.1 cm³/mol. The maximum absolute atomic E-state index is 2.59. The van der Waals surface area contributed by atoms with Crippen molar-refractivity contribution >= 4 is 8.07 Å². The first kappa shape index (κ1) is 15.0. The molecule has 0 saturated heterocycles. The minimum Gasteiger partial charge on any atom is -0.0892 e. The molecule has 0 nitrogen and oxygen atoms in total. The summed E-state index contributed by atoms with van der Waals surface area (Å²) in [5.41, 5.74) is 0. The predicted octanol–water partition coefficient (Wildman–Crippen LogP) is 5.56. The molecule has 0 aromatic rings. The Labute approximate surface area is 98.2 Å². The summed E-state index contributed by atoms with van der Waals surface area (Å²) in [7, 11) is -1.04. The molecule has 0 unspecified atom stereocenters. The van der Waals surface area contributed by atoms with Gasteiger partial charge in [-0.2, -0.15) is 0 Å². The summed E-state index contributed by atoms with van der Waals surface area (Å²) in [6.07, 6.45) is 7.87. The fraction of sp³-hybridized carbons (Fsp3) is 0.857. The van der Waals surface area contributed by atoms with E-state index in [1.165, 1.54) is 43.8 Å². The van der Waals surface area contributed by atoms with Crippen LogP contribution in [0.15, 0.2) is 11.3 Å². The van der Waals surface area contributed by atoms with E-state index in [2.05, 4.69) is 40.7 Å². The molecule has 0 atom stereocenters. The van der Waals surface area contributed by atoms with Gasteiger partial charge < -0.3 is 0 Å². The highest BCUT2D eigenvalue weighted by Gasteiger charge is 2.30. The Balaban J connectivity index is 4.81. The van der Waals surface area contributed by atoms with Crippen molar-refractivity contribution in [3.8, 4) is 0 Å². The summed E-state index contributed by atoms with van der Waals surface area (Å²) in [5.74, 6) is 0. The molecule has 0 rings (SSSR count). The Hall–Kier alpha value is -0.0431. The standard InChI is InChI=1S/C14H30Si/c1-6-11-13-14(12-7-2)15(8-3,9-4)10-5/h13H,6-12H2,1-5H3. The van der Waals surface area contributed by atoms with Crippen molar-refractivity contribution in [3.05, 3.63) is 11.3 Å². The minimum absolute atomic E-state index is 1.04. The van der Waals surface area contributed by atoms with Crippen molar-refractivity contribution < 1.29 is 0 Å². The zero-order valence-electron chi connectivity index (χ0n) is 11.5. The Kier molecular flexibility index (Phi) is 8.13. The van der Waals surface area contributed by atoms with Crippen molar-refractivity contribution in [3.63, 3.8) is 0 Å². The highest BCUT2D eigenvalue weighted by atomic mass is 28.3. The first-order valence-corrected chi connectivity index (χ1v) is 9.52. The lowest BCUT2D eigenvalue weighted by atomic mass is 10.2. The first-order chi connectivity index (χ1) is 7.20. The SMILES string of the molecule is CCCC=C(CCC)[Si](CC)(CC)CC. The van der Waals surface area contributed by atoms with Gasteiger partial charge in [-0.25, -0.2) is 0 Å². The normalized spacial score (nSPS) is 13.3. The summed E-state index contributed by atoms with van der Waals surface area (Å²) in [6, 6.07) is 4.32. The number of rotatable bonds is 8. The Morgan fingerprint density at radius 3 is 1.73 bits per heavy atom. The molecule has 0 aliphatic rings. The van der Waals surface area contributed by atoms with E-state index in [1.807, 2.05) is 5.20 Å². The van der Waals surface area contributed by atoms with E-state index in [0.717, 1.165) is 0 Å². The number of hydrogen-bond donors (Lipinski definition) is 0. The Morgan fingerprint density at radius 1 is 0.867 bits per heavy atom. The fourth-order valence-electron chi connectivity index (χ4n) is 2.60. The first-order valence-electron chi connectivity index (χ1n) is 6.90. The third-order valence-corrected chi connectivity index (χ3v) is 9.79. The Morgan fingerprint density at radius 2 is 1.40 bits per heavy atom. The second-order valence-electron chi connectivity index (χ2n) is 4.61. The van der Waals surface area contributed by atoms with Crippen LogP contribution in [-0.2, 0) is 0 Å². The Bertz CT molecular complexity index is 170. The van der Waals surface area contributed by atoms with Crippen LogP contribution in [0, 0.1) is 0 Å². The van der Waals surface area contributed by atoms with Crippen LogP contribution in [0.25, 0.3) is 0 Å². The lowest BCUT2D eigenvalue weighted by molar-refractivity contribution is 0.893. The maximum atomic E-state index is 2.59. The van der Waals surface area contributed by atoms with E-state index in [-0.39, 0.29) is 0 Å². The van der Waals surface area contributed by atoms with Crippen LogP contribution in [0.2, 0.25) is 18.1 Å². The topological polar surface area (TPSA) is 0 Å². The molecule has 0 aromatic heterocycles. The van der Waals surface area contributed by atoms with Gasteiger partial charge in [0.05, 0.1) is 8.07 Å². The summed E-state index contributed by atoms with van der Waals surface area (Å²) in [4.78, 5) is 0. The molecule has 1 heteroatoms. The molecule has 0 bridgehead atoms. The van der Waals surface area contributed by atoms with Gasteiger partial charge in [0.25, 0.3) is 0 Å². The van der Waals surface area contributed by atoms with Crippen molar-refractivity contribution in [2.24, 2.45) is 0 Å². The average Bonchev–Trinajstić information content (AvgIpc) is 2.28. The summed E-state index contributed by atoms with van der Waals surface area (Å²) < 4.78 is 0. The van der Waals surface area contributed by atoms with Gasteiger partial charge in [0.15, 0.2) is 0 Å². The molecule has 0 saturated carbocycles. The molecule has 0 aromatic carbocycles. The second-order valence-corrected chi connectivity index (χ2v) is 9.93. The van der Waals surface area contributed by atoms with Gasteiger partial charge in [0.2, 0.25) is 0 Å². The van der Waals surface area contributed by atoms with Crippen LogP contribution < -0.4 is 0 Å². The quantitative estimate of drug-likeness (QED) is 0.475. The van der Waals surface area contributed by atoms with Gasteiger partial charge in [-0.3, -0.25) is 0 Å². The molecule has 0 aliphatic carbocycles. The molecule has 0 spiro atoms. The van der Waals surface area contributed by atoms with E-state index < -0.39 is 8.07 Å². The smallest absolute Gasteiger partial charge is 0.0803 e. The third-order valence-electron chi connectivity index (χ3n) is 3.91. The van der Waals surface area contributed by atoms with Crippen LogP contribution in [0.5, 0.6) is 0 Å². The van der Waals surface area contributed by atoms with E-state index in [9.17, 15) is 0 Å². The average molecular weight is 226 g/mol. The van der Waals surface area contributed by atoms with Crippen LogP contribution >= 0.6 is 0 Å². The molecule has 15 heavy (non-hydrogen) atoms. The van der Waals surface area contributed by atoms with Crippen molar-refractivity contribution in [2.75, 3.05) is 0 Å². The van der Waals surface area contributed by atoms with Gasteiger partial charge in [0, 0.05) is 0 Å². The molecule has 0 fully saturated rings. The maximum Gasteiger partial charge on any atom is 0.0803 e. The van der Waals surface area contributed by atoms with Crippen molar-refractivity contribution in [1.29, 1.82) is 0 Å². The molecule has 90 valence electrons. The van der Waals surface area contributed by atoms with E-state index in [4.69, 9.17) is 0 Å². The molecular formula is C14H30Si. The molecular weight excluding hydrogens is 196 g/mol. The lowest BCUT2D eigenvalue weighted by Gasteiger charge is -2.31. The van der Waals surface area contributed by atoms with E-state index >= 15 is 0 Å². The van der Waals surface area contributed by atoms with E-state index in [0.29, 0.717) is 0 Å². The third kappa shape index (κ3) is 4.14. The van der Waals surface area contributed by atoms with Gasteiger partial charge in [0.1, 0.15) is 0 Å². The number of unbranched alkanes of at least 4 members (excludes halogenated alkanes) is 1. The minimum atomic E-state index is -1.04. The van der Waals surface area contributed by atoms with Gasteiger partial charge in [-0.15, -0.1) is 0 Å².